The van der Waals surface area contributed by atoms with E-state index in [4.69, 9.17) is 4.74 Å². The van der Waals surface area contributed by atoms with E-state index in [0.29, 0.717) is 10.8 Å². The molecule has 1 aromatic rings. The van der Waals surface area contributed by atoms with E-state index in [1.54, 1.807) is 13.2 Å². The minimum atomic E-state index is -3.51. The highest BCUT2D eigenvalue weighted by atomic mass is 32.2. The summed E-state index contributed by atoms with van der Waals surface area (Å²) in [6, 6.07) is 3.64. The van der Waals surface area contributed by atoms with Crippen LogP contribution in [0.3, 0.4) is 0 Å². The molecular formula is C18H29NO3S. The third-order valence-corrected chi connectivity index (χ3v) is 6.49. The summed E-state index contributed by atoms with van der Waals surface area (Å²) in [5.74, 6) is 1.34. The molecule has 1 N–H and O–H groups in total. The molecule has 23 heavy (non-hydrogen) atoms. The van der Waals surface area contributed by atoms with Crippen LogP contribution in [0, 0.1) is 12.8 Å². The quantitative estimate of drug-likeness (QED) is 0.882. The fourth-order valence-corrected chi connectivity index (χ4v) is 4.99. The van der Waals surface area contributed by atoms with Gasteiger partial charge in [0.1, 0.15) is 5.75 Å². The van der Waals surface area contributed by atoms with E-state index in [-0.39, 0.29) is 12.0 Å². The normalized spacial score (nSPS) is 22.3. The smallest absolute Gasteiger partial charge is 0.241 e. The van der Waals surface area contributed by atoms with Crippen LogP contribution in [-0.4, -0.2) is 21.6 Å². The van der Waals surface area contributed by atoms with E-state index >= 15 is 0 Å². The Hall–Kier alpha value is -1.07. The lowest BCUT2D eigenvalue weighted by molar-refractivity contribution is 0.310. The summed E-state index contributed by atoms with van der Waals surface area (Å²) in [5, 5.41) is 0. The van der Waals surface area contributed by atoms with E-state index in [0.717, 1.165) is 36.1 Å². The molecule has 1 fully saturated rings. The third-order valence-electron chi connectivity index (χ3n) is 4.86. The topological polar surface area (TPSA) is 55.4 Å². The molecule has 1 aliphatic rings. The lowest BCUT2D eigenvalue weighted by atomic mass is 9.87. The fraction of sp³-hybridized carbons (Fsp3) is 0.667. The zero-order valence-corrected chi connectivity index (χ0v) is 15.7. The first-order valence-electron chi connectivity index (χ1n) is 8.47. The highest BCUT2D eigenvalue weighted by Gasteiger charge is 2.28. The summed E-state index contributed by atoms with van der Waals surface area (Å²) in [6.07, 6.45) is 4.30. The van der Waals surface area contributed by atoms with Crippen molar-refractivity contribution in [3.63, 3.8) is 0 Å². The molecule has 1 aliphatic carbocycles. The number of benzene rings is 1. The van der Waals surface area contributed by atoms with Crippen molar-refractivity contribution in [3.8, 4) is 5.75 Å². The highest BCUT2D eigenvalue weighted by molar-refractivity contribution is 7.89. The zero-order chi connectivity index (χ0) is 17.2. The Kier molecular flexibility index (Phi) is 5.74. The van der Waals surface area contributed by atoms with Crippen molar-refractivity contribution in [2.45, 2.75) is 70.2 Å². The molecule has 0 amide bonds. The third kappa shape index (κ3) is 4.07. The monoisotopic (exact) mass is 339 g/mol. The van der Waals surface area contributed by atoms with Crippen molar-refractivity contribution in [3.05, 3.63) is 23.3 Å². The number of hydrogen-bond acceptors (Lipinski definition) is 3. The second kappa shape index (κ2) is 7.22. The molecule has 0 saturated heterocycles. The number of rotatable bonds is 5. The molecule has 0 spiro atoms. The maximum absolute atomic E-state index is 12.9. The second-order valence-electron chi connectivity index (χ2n) is 7.00. The molecule has 1 saturated carbocycles. The van der Waals surface area contributed by atoms with Gasteiger partial charge in [-0.1, -0.05) is 33.6 Å². The number of methoxy groups -OCH3 is 1. The molecule has 4 nitrogen and oxygen atoms in total. The SMILES string of the molecule is COc1cc(C)c(S(=O)(=O)N[C@H]2CCCC[C@@H]2C)cc1C(C)C. The van der Waals surface area contributed by atoms with Gasteiger partial charge in [-0.3, -0.25) is 0 Å². The van der Waals surface area contributed by atoms with Gasteiger partial charge in [0.25, 0.3) is 0 Å². The van der Waals surface area contributed by atoms with Gasteiger partial charge < -0.3 is 4.74 Å². The van der Waals surface area contributed by atoms with Crippen molar-refractivity contribution in [1.29, 1.82) is 0 Å². The number of hydrogen-bond donors (Lipinski definition) is 1. The summed E-state index contributed by atoms with van der Waals surface area (Å²) in [4.78, 5) is 0.375. The van der Waals surface area contributed by atoms with E-state index in [1.807, 2.05) is 26.8 Å². The van der Waals surface area contributed by atoms with Crippen LogP contribution in [-0.2, 0) is 10.0 Å². The van der Waals surface area contributed by atoms with Crippen LogP contribution in [0.1, 0.15) is 63.5 Å². The number of sulfonamides is 1. The summed E-state index contributed by atoms with van der Waals surface area (Å²) >= 11 is 0. The van der Waals surface area contributed by atoms with Crippen LogP contribution >= 0.6 is 0 Å². The predicted octanol–water partition coefficient (Wildman–Crippen LogP) is 3.98. The standard InChI is InChI=1S/C18H29NO3S/c1-12(2)15-11-18(14(4)10-17(15)22-5)23(20,21)19-16-9-7-6-8-13(16)3/h10-13,16,19H,6-9H2,1-5H3/t13-,16-/m0/s1. The van der Waals surface area contributed by atoms with Crippen LogP contribution in [0.5, 0.6) is 5.75 Å². The molecule has 130 valence electrons. The molecule has 0 aromatic heterocycles. The molecule has 0 aliphatic heterocycles. The summed E-state index contributed by atoms with van der Waals surface area (Å²) in [5.41, 5.74) is 1.65. The lowest BCUT2D eigenvalue weighted by Gasteiger charge is -2.29. The van der Waals surface area contributed by atoms with E-state index < -0.39 is 10.0 Å². The first-order chi connectivity index (χ1) is 10.8. The Bertz CT molecular complexity index is 652. The summed E-state index contributed by atoms with van der Waals surface area (Å²) in [6.45, 7) is 8.04. The maximum atomic E-state index is 12.9. The molecule has 0 bridgehead atoms. The van der Waals surface area contributed by atoms with Gasteiger partial charge in [-0.15, -0.1) is 0 Å². The molecule has 5 heteroatoms. The lowest BCUT2D eigenvalue weighted by Crippen LogP contribution is -2.41. The van der Waals surface area contributed by atoms with Crippen LogP contribution in [0.4, 0.5) is 0 Å². The van der Waals surface area contributed by atoms with Crippen molar-refractivity contribution in [2.75, 3.05) is 7.11 Å². The Morgan fingerprint density at radius 3 is 2.43 bits per heavy atom. The van der Waals surface area contributed by atoms with Crippen molar-refractivity contribution in [1.82, 2.24) is 4.72 Å². The zero-order valence-electron chi connectivity index (χ0n) is 14.8. The average molecular weight is 340 g/mol. The van der Waals surface area contributed by atoms with Crippen molar-refractivity contribution in [2.24, 2.45) is 5.92 Å². The molecule has 2 rings (SSSR count). The molecular weight excluding hydrogens is 310 g/mol. The number of ether oxygens (including phenoxy) is 1. The van der Waals surface area contributed by atoms with Gasteiger partial charge in [-0.25, -0.2) is 13.1 Å². The van der Waals surface area contributed by atoms with E-state index in [9.17, 15) is 8.42 Å². The largest absolute Gasteiger partial charge is 0.496 e. The first-order valence-corrected chi connectivity index (χ1v) is 9.95. The minimum absolute atomic E-state index is 0.0396. The van der Waals surface area contributed by atoms with Gasteiger partial charge >= 0.3 is 0 Å². The maximum Gasteiger partial charge on any atom is 0.241 e. The van der Waals surface area contributed by atoms with Crippen LogP contribution < -0.4 is 9.46 Å². The number of nitrogens with one attached hydrogen (secondary N) is 1. The van der Waals surface area contributed by atoms with Crippen LogP contribution in [0.2, 0.25) is 0 Å². The van der Waals surface area contributed by atoms with Gasteiger partial charge in [0, 0.05) is 6.04 Å². The minimum Gasteiger partial charge on any atom is -0.496 e. The average Bonchev–Trinajstić information content (AvgIpc) is 2.48. The Morgan fingerprint density at radius 1 is 1.22 bits per heavy atom. The van der Waals surface area contributed by atoms with E-state index in [2.05, 4.69) is 11.6 Å². The van der Waals surface area contributed by atoms with E-state index in [1.165, 1.54) is 6.42 Å². The van der Waals surface area contributed by atoms with Crippen LogP contribution in [0.25, 0.3) is 0 Å². The van der Waals surface area contributed by atoms with Gasteiger partial charge in [0.2, 0.25) is 10.0 Å². The molecule has 0 heterocycles. The first kappa shape index (κ1) is 18.3. The van der Waals surface area contributed by atoms with Gasteiger partial charge in [-0.05, 0) is 54.9 Å². The number of aryl methyl sites for hydroxylation is 1. The Labute approximate surface area is 140 Å². The van der Waals surface area contributed by atoms with Crippen molar-refractivity contribution >= 4 is 10.0 Å². The summed E-state index contributed by atoms with van der Waals surface area (Å²) < 4.78 is 34.1. The fourth-order valence-electron chi connectivity index (χ4n) is 3.35. The van der Waals surface area contributed by atoms with Crippen molar-refractivity contribution < 1.29 is 13.2 Å². The molecule has 1 aromatic carbocycles. The molecule has 0 radical (unpaired) electrons. The highest BCUT2D eigenvalue weighted by Crippen LogP contribution is 2.32. The predicted molar refractivity (Wildman–Crippen MR) is 93.6 cm³/mol. The molecule has 0 unspecified atom stereocenters. The Morgan fingerprint density at radius 2 is 1.87 bits per heavy atom. The molecule has 2 atom stereocenters. The Balaban J connectivity index is 2.37. The van der Waals surface area contributed by atoms with Gasteiger partial charge in [0.05, 0.1) is 12.0 Å². The second-order valence-corrected chi connectivity index (χ2v) is 8.69. The van der Waals surface area contributed by atoms with Gasteiger partial charge in [-0.2, -0.15) is 0 Å². The van der Waals surface area contributed by atoms with Crippen LogP contribution in [0.15, 0.2) is 17.0 Å². The summed E-state index contributed by atoms with van der Waals surface area (Å²) in [7, 11) is -1.89. The van der Waals surface area contributed by atoms with Gasteiger partial charge in [0.15, 0.2) is 0 Å².